The molecule has 0 aliphatic rings. The van der Waals surface area contributed by atoms with Gasteiger partial charge in [0.2, 0.25) is 5.91 Å². The van der Waals surface area contributed by atoms with Gasteiger partial charge in [-0.2, -0.15) is 0 Å². The predicted molar refractivity (Wildman–Crippen MR) is 115 cm³/mol. The zero-order valence-corrected chi connectivity index (χ0v) is 16.6. The van der Waals surface area contributed by atoms with Gasteiger partial charge in [0, 0.05) is 17.4 Å². The average molecular weight is 413 g/mol. The lowest BCUT2D eigenvalue weighted by molar-refractivity contribution is -0.114. The van der Waals surface area contributed by atoms with Crippen LogP contribution >= 0.6 is 11.6 Å². The molecule has 0 spiro atoms. The lowest BCUT2D eigenvalue weighted by Crippen LogP contribution is -2.21. The van der Waals surface area contributed by atoms with E-state index in [1.807, 2.05) is 42.5 Å². The van der Waals surface area contributed by atoms with Gasteiger partial charge in [-0.05, 0) is 48.7 Å². The molecule has 3 aromatic rings. The van der Waals surface area contributed by atoms with Crippen LogP contribution in [0.25, 0.3) is 0 Å². The van der Waals surface area contributed by atoms with Crippen molar-refractivity contribution in [1.82, 2.24) is 0 Å². The lowest BCUT2D eigenvalue weighted by atomic mass is 10.1. The number of amides is 1. The summed E-state index contributed by atoms with van der Waals surface area (Å²) in [7, 11) is 0. The molecular weight excluding hydrogens is 391 g/mol. The van der Waals surface area contributed by atoms with Crippen molar-refractivity contribution in [2.45, 2.75) is 12.8 Å². The summed E-state index contributed by atoms with van der Waals surface area (Å²) in [6.45, 7) is 0.677. The first-order valence-electron chi connectivity index (χ1n) is 9.36. The number of benzene rings is 3. The monoisotopic (exact) mass is 412 g/mol. The average Bonchev–Trinajstić information content (AvgIpc) is 2.73. The van der Waals surface area contributed by atoms with E-state index < -0.39 is 5.82 Å². The van der Waals surface area contributed by atoms with Crippen LogP contribution in [-0.4, -0.2) is 19.1 Å². The van der Waals surface area contributed by atoms with E-state index in [0.29, 0.717) is 12.3 Å². The number of carbonyl (C=O) groups excluding carboxylic acids is 1. The van der Waals surface area contributed by atoms with Crippen molar-refractivity contribution < 1.29 is 13.9 Å². The highest BCUT2D eigenvalue weighted by atomic mass is 35.5. The second kappa shape index (κ2) is 10.5. The lowest BCUT2D eigenvalue weighted by Gasteiger charge is -2.11. The predicted octanol–water partition coefficient (Wildman–Crippen LogP) is 5.54. The van der Waals surface area contributed by atoms with E-state index in [4.69, 9.17) is 16.3 Å². The molecule has 3 aromatic carbocycles. The van der Waals surface area contributed by atoms with Gasteiger partial charge in [0.15, 0.2) is 0 Å². The first kappa shape index (κ1) is 20.7. The molecule has 0 aromatic heterocycles. The van der Waals surface area contributed by atoms with Crippen LogP contribution in [0.5, 0.6) is 5.75 Å². The van der Waals surface area contributed by atoms with E-state index in [0.717, 1.165) is 24.3 Å². The van der Waals surface area contributed by atoms with Gasteiger partial charge in [0.05, 0.1) is 18.2 Å². The van der Waals surface area contributed by atoms with Crippen molar-refractivity contribution in [3.63, 3.8) is 0 Å². The maximum Gasteiger partial charge on any atom is 0.243 e. The smallest absolute Gasteiger partial charge is 0.243 e. The number of ether oxygens (including phenoxy) is 1. The second-order valence-corrected chi connectivity index (χ2v) is 6.90. The Kier molecular flexibility index (Phi) is 7.47. The van der Waals surface area contributed by atoms with Gasteiger partial charge in [-0.15, -0.1) is 0 Å². The molecule has 0 aliphatic heterocycles. The minimum Gasteiger partial charge on any atom is -0.494 e. The molecule has 0 heterocycles. The molecule has 0 bridgehead atoms. The zero-order valence-electron chi connectivity index (χ0n) is 15.8. The van der Waals surface area contributed by atoms with Gasteiger partial charge in [0.25, 0.3) is 0 Å². The minimum absolute atomic E-state index is 0.0344. The van der Waals surface area contributed by atoms with Crippen molar-refractivity contribution in [3.05, 3.63) is 89.2 Å². The van der Waals surface area contributed by atoms with E-state index in [1.165, 1.54) is 23.8 Å². The quantitative estimate of drug-likeness (QED) is 0.453. The third-order valence-electron chi connectivity index (χ3n) is 4.21. The van der Waals surface area contributed by atoms with Gasteiger partial charge >= 0.3 is 0 Å². The van der Waals surface area contributed by atoms with E-state index in [2.05, 4.69) is 22.8 Å². The number of aryl methyl sites for hydroxylation is 1. The number of anilines is 2. The van der Waals surface area contributed by atoms with Crippen molar-refractivity contribution >= 4 is 28.9 Å². The van der Waals surface area contributed by atoms with Gasteiger partial charge in [0.1, 0.15) is 11.6 Å². The van der Waals surface area contributed by atoms with E-state index in [1.54, 1.807) is 0 Å². The molecule has 0 saturated carbocycles. The van der Waals surface area contributed by atoms with Gasteiger partial charge < -0.3 is 15.4 Å². The van der Waals surface area contributed by atoms with Crippen LogP contribution in [-0.2, 0) is 11.2 Å². The molecule has 150 valence electrons. The van der Waals surface area contributed by atoms with Crippen molar-refractivity contribution in [1.29, 1.82) is 0 Å². The number of hydrogen-bond acceptors (Lipinski definition) is 3. The maximum atomic E-state index is 13.2. The Morgan fingerprint density at radius 2 is 1.79 bits per heavy atom. The number of nitrogens with one attached hydrogen (secondary N) is 2. The number of rotatable bonds is 9. The summed E-state index contributed by atoms with van der Waals surface area (Å²) in [4.78, 5) is 12.1. The van der Waals surface area contributed by atoms with Crippen LogP contribution in [0.15, 0.2) is 72.8 Å². The molecular formula is C23H22ClFN2O2. The Labute approximate surface area is 174 Å². The molecule has 0 unspecified atom stereocenters. The largest absolute Gasteiger partial charge is 0.494 e. The first-order chi connectivity index (χ1) is 14.1. The maximum absolute atomic E-state index is 13.2. The Hall–Kier alpha value is -3.05. The molecule has 0 atom stereocenters. The SMILES string of the molecule is O=C(CNc1cccc(OCCCc2ccccc2)c1)Nc1ccc(F)c(Cl)c1. The highest BCUT2D eigenvalue weighted by Gasteiger charge is 2.06. The molecule has 3 rings (SSSR count). The third-order valence-corrected chi connectivity index (χ3v) is 4.50. The second-order valence-electron chi connectivity index (χ2n) is 6.50. The molecule has 4 nitrogen and oxygen atoms in total. The summed E-state index contributed by atoms with van der Waals surface area (Å²) in [5.74, 6) is -0.0426. The Balaban J connectivity index is 1.43. The Morgan fingerprint density at radius 3 is 2.59 bits per heavy atom. The summed E-state index contributed by atoms with van der Waals surface area (Å²) in [6, 6.07) is 21.8. The molecule has 0 radical (unpaired) electrons. The van der Waals surface area contributed by atoms with Crippen molar-refractivity contribution in [2.24, 2.45) is 0 Å². The molecule has 2 N–H and O–H groups in total. The standard InChI is InChI=1S/C23H22ClFN2O2/c24-21-15-19(11-12-22(21)25)27-23(28)16-26-18-9-4-10-20(14-18)29-13-5-8-17-6-2-1-3-7-17/h1-4,6-7,9-12,14-15,26H,5,8,13,16H2,(H,27,28). The first-order valence-corrected chi connectivity index (χ1v) is 9.73. The van der Waals surface area contributed by atoms with Crippen LogP contribution in [0.4, 0.5) is 15.8 Å². The van der Waals surface area contributed by atoms with Crippen molar-refractivity contribution in [3.8, 4) is 5.75 Å². The number of halogens is 2. The Bertz CT molecular complexity index is 951. The van der Waals surface area contributed by atoms with Crippen LogP contribution in [0.1, 0.15) is 12.0 Å². The van der Waals surface area contributed by atoms with Gasteiger partial charge in [-0.25, -0.2) is 4.39 Å². The normalized spacial score (nSPS) is 10.4. The van der Waals surface area contributed by atoms with E-state index >= 15 is 0 Å². The number of hydrogen-bond donors (Lipinski definition) is 2. The van der Waals surface area contributed by atoms with Gasteiger partial charge in [-0.3, -0.25) is 4.79 Å². The summed E-state index contributed by atoms with van der Waals surface area (Å²) < 4.78 is 19.0. The van der Waals surface area contributed by atoms with E-state index in [9.17, 15) is 9.18 Å². The number of carbonyl (C=O) groups is 1. The molecule has 0 aliphatic carbocycles. The molecule has 29 heavy (non-hydrogen) atoms. The summed E-state index contributed by atoms with van der Waals surface area (Å²) in [6.07, 6.45) is 1.89. The summed E-state index contributed by atoms with van der Waals surface area (Å²) in [5.41, 5.74) is 2.51. The van der Waals surface area contributed by atoms with Crippen molar-refractivity contribution in [2.75, 3.05) is 23.8 Å². The molecule has 1 amide bonds. The van der Waals surface area contributed by atoms with E-state index in [-0.39, 0.29) is 17.5 Å². The van der Waals surface area contributed by atoms with Crippen LogP contribution < -0.4 is 15.4 Å². The van der Waals surface area contributed by atoms with Crippen LogP contribution in [0, 0.1) is 5.82 Å². The topological polar surface area (TPSA) is 50.4 Å². The van der Waals surface area contributed by atoms with Crippen LogP contribution in [0.3, 0.4) is 0 Å². The fraction of sp³-hybridized carbons (Fsp3) is 0.174. The fourth-order valence-corrected chi connectivity index (χ4v) is 2.95. The molecule has 0 saturated heterocycles. The third kappa shape index (κ3) is 6.80. The minimum atomic E-state index is -0.525. The molecule has 6 heteroatoms. The summed E-state index contributed by atoms with van der Waals surface area (Å²) in [5, 5.41) is 5.68. The summed E-state index contributed by atoms with van der Waals surface area (Å²) >= 11 is 5.72. The highest BCUT2D eigenvalue weighted by Crippen LogP contribution is 2.20. The van der Waals surface area contributed by atoms with Gasteiger partial charge in [-0.1, -0.05) is 48.0 Å². The molecule has 0 fully saturated rings. The Morgan fingerprint density at radius 1 is 0.966 bits per heavy atom. The fourth-order valence-electron chi connectivity index (χ4n) is 2.77. The highest BCUT2D eigenvalue weighted by molar-refractivity contribution is 6.31. The zero-order chi connectivity index (χ0) is 20.5. The van der Waals surface area contributed by atoms with Crippen LogP contribution in [0.2, 0.25) is 5.02 Å².